The Kier molecular flexibility index (Phi) is 5.16. The molecule has 1 aromatic heterocycles. The van der Waals surface area contributed by atoms with Crippen LogP contribution < -0.4 is 4.90 Å². The van der Waals surface area contributed by atoms with Gasteiger partial charge in [0.15, 0.2) is 8.32 Å². The summed E-state index contributed by atoms with van der Waals surface area (Å²) < 4.78 is 12.9. The van der Waals surface area contributed by atoms with Crippen LogP contribution in [0, 0.1) is 23.2 Å². The minimum absolute atomic E-state index is 0.0738. The summed E-state index contributed by atoms with van der Waals surface area (Å²) in [7, 11) is -1.97. The first kappa shape index (κ1) is 23.9. The number of rotatable bonds is 5. The van der Waals surface area contributed by atoms with Gasteiger partial charge in [-0.3, -0.25) is 14.6 Å². The summed E-state index contributed by atoms with van der Waals surface area (Å²) in [4.78, 5) is 33.3. The second-order valence-corrected chi connectivity index (χ2v) is 16.4. The average molecular weight is 490 g/mol. The molecule has 4 atom stereocenters. The molecule has 182 valence electrons. The summed E-state index contributed by atoms with van der Waals surface area (Å²) >= 11 is 0. The normalized spacial score (nSPS) is 29.8. The molecule has 2 bridgehead atoms. The number of amides is 2. The fraction of sp³-hybridized carbons (Fsp3) is 0.481. The van der Waals surface area contributed by atoms with Crippen LogP contribution >= 0.6 is 0 Å². The number of anilines is 1. The summed E-state index contributed by atoms with van der Waals surface area (Å²) in [5, 5.41) is 10.2. The van der Waals surface area contributed by atoms with Gasteiger partial charge < -0.3 is 9.16 Å². The monoisotopic (exact) mass is 489 g/mol. The molecule has 2 amide bonds. The third kappa shape index (κ3) is 3.33. The SMILES string of the molecule is CC(C)(C)[Si](C)(C)OCC[C@@]12C=C[C@@](C)(O1)[C@H]1C(=O)N(c3ccc(C#N)c4ncccc34)C(=O)[C@H]12. The minimum Gasteiger partial charge on any atom is -0.417 e. The van der Waals surface area contributed by atoms with Gasteiger partial charge in [-0.25, -0.2) is 4.90 Å². The van der Waals surface area contributed by atoms with E-state index in [-0.39, 0.29) is 16.9 Å². The maximum Gasteiger partial charge on any atom is 0.241 e. The van der Waals surface area contributed by atoms with Gasteiger partial charge in [0.1, 0.15) is 11.7 Å². The van der Waals surface area contributed by atoms with Gasteiger partial charge in [-0.15, -0.1) is 0 Å². The fourth-order valence-electron chi connectivity index (χ4n) is 5.51. The molecule has 0 unspecified atom stereocenters. The molecule has 7 nitrogen and oxygen atoms in total. The van der Waals surface area contributed by atoms with E-state index >= 15 is 0 Å². The van der Waals surface area contributed by atoms with Crippen LogP contribution in [0.5, 0.6) is 0 Å². The summed E-state index contributed by atoms with van der Waals surface area (Å²) in [5.74, 6) is -1.75. The van der Waals surface area contributed by atoms with Gasteiger partial charge in [0, 0.05) is 24.6 Å². The Morgan fingerprint density at radius 2 is 1.89 bits per heavy atom. The zero-order valence-corrected chi connectivity index (χ0v) is 22.1. The summed E-state index contributed by atoms with van der Waals surface area (Å²) in [6.07, 6.45) is 6.02. The Morgan fingerprint density at radius 3 is 2.57 bits per heavy atom. The van der Waals surface area contributed by atoms with Gasteiger partial charge in [-0.2, -0.15) is 5.26 Å². The first-order valence-corrected chi connectivity index (χ1v) is 15.0. The maximum absolute atomic E-state index is 13.9. The zero-order chi connectivity index (χ0) is 25.4. The van der Waals surface area contributed by atoms with Crippen LogP contribution in [0.1, 0.15) is 39.7 Å². The number of carbonyl (C=O) groups is 2. The molecule has 8 heteroatoms. The van der Waals surface area contributed by atoms with Crippen molar-refractivity contribution in [3.8, 4) is 6.07 Å². The van der Waals surface area contributed by atoms with Gasteiger partial charge in [-0.1, -0.05) is 32.9 Å². The lowest BCUT2D eigenvalue weighted by molar-refractivity contribution is -0.129. The van der Waals surface area contributed by atoms with E-state index in [1.54, 1.807) is 30.5 Å². The van der Waals surface area contributed by atoms with E-state index in [1.807, 2.05) is 19.1 Å². The number of aromatic nitrogens is 1. The molecule has 2 fully saturated rings. The molecular formula is C27H31N3O4Si. The third-order valence-corrected chi connectivity index (χ3v) is 13.0. The van der Waals surface area contributed by atoms with Crippen molar-refractivity contribution >= 4 is 36.7 Å². The average Bonchev–Trinajstić information content (AvgIpc) is 3.37. The Hall–Kier alpha value is -2.86. The van der Waals surface area contributed by atoms with Crippen LogP contribution in [-0.4, -0.2) is 42.9 Å². The van der Waals surface area contributed by atoms with Crippen LogP contribution in [0.25, 0.3) is 10.9 Å². The Bertz CT molecular complexity index is 1320. The van der Waals surface area contributed by atoms with Gasteiger partial charge >= 0.3 is 0 Å². The molecule has 5 rings (SSSR count). The first-order chi connectivity index (χ1) is 16.4. The summed E-state index contributed by atoms with van der Waals surface area (Å²) in [6.45, 7) is 13.3. The van der Waals surface area contributed by atoms with E-state index in [0.29, 0.717) is 35.2 Å². The molecule has 2 aromatic rings. The number of carbonyl (C=O) groups excluding carboxylic acids is 2. The molecule has 3 aliphatic heterocycles. The molecule has 4 heterocycles. The van der Waals surface area contributed by atoms with Crippen LogP contribution in [0.3, 0.4) is 0 Å². The van der Waals surface area contributed by atoms with E-state index in [0.717, 1.165) is 0 Å². The quantitative estimate of drug-likeness (QED) is 0.343. The Morgan fingerprint density at radius 1 is 1.17 bits per heavy atom. The van der Waals surface area contributed by atoms with Crippen molar-refractivity contribution in [2.45, 2.75) is 63.5 Å². The lowest BCUT2D eigenvalue weighted by Crippen LogP contribution is -2.44. The van der Waals surface area contributed by atoms with Crippen molar-refractivity contribution in [1.29, 1.82) is 5.26 Å². The number of benzene rings is 1. The van der Waals surface area contributed by atoms with Gasteiger partial charge in [0.25, 0.3) is 0 Å². The first-order valence-electron chi connectivity index (χ1n) is 12.1. The van der Waals surface area contributed by atoms with Crippen molar-refractivity contribution in [1.82, 2.24) is 4.98 Å². The number of imide groups is 1. The predicted octanol–water partition coefficient (Wildman–Crippen LogP) is 4.72. The molecule has 0 radical (unpaired) electrons. The number of nitrogens with zero attached hydrogens (tertiary/aromatic N) is 3. The van der Waals surface area contributed by atoms with E-state index in [4.69, 9.17) is 9.16 Å². The van der Waals surface area contributed by atoms with E-state index < -0.39 is 31.4 Å². The van der Waals surface area contributed by atoms with Crippen molar-refractivity contribution in [2.24, 2.45) is 11.8 Å². The van der Waals surface area contributed by atoms with Crippen LogP contribution in [-0.2, 0) is 18.8 Å². The number of hydrogen-bond acceptors (Lipinski definition) is 6. The van der Waals surface area contributed by atoms with Crippen molar-refractivity contribution in [3.05, 3.63) is 48.2 Å². The standard InChI is InChI=1S/C27H31N3O4Si/c1-25(2,3)35(5,6)33-15-13-27-12-11-26(4,34-27)20-21(27)24(32)30(23(20)31)19-10-9-17(16-28)22-18(19)8-7-14-29-22/h7-12,14,20-21H,13,15H2,1-6H3/t20-,21+,26-,27-/m1/s1. The molecule has 3 aliphatic rings. The van der Waals surface area contributed by atoms with E-state index in [1.165, 1.54) is 4.90 Å². The third-order valence-electron chi connectivity index (χ3n) is 8.43. The van der Waals surface area contributed by atoms with Crippen molar-refractivity contribution in [2.75, 3.05) is 11.5 Å². The number of nitriles is 1. The Labute approximate surface area is 206 Å². The summed E-state index contributed by atoms with van der Waals surface area (Å²) in [5.41, 5.74) is -0.369. The van der Waals surface area contributed by atoms with Gasteiger partial charge in [0.05, 0.1) is 34.2 Å². The molecular weight excluding hydrogens is 458 g/mol. The highest BCUT2D eigenvalue weighted by atomic mass is 28.4. The lowest BCUT2D eigenvalue weighted by Gasteiger charge is -2.37. The van der Waals surface area contributed by atoms with Gasteiger partial charge in [0.2, 0.25) is 11.8 Å². The second kappa shape index (κ2) is 7.57. The largest absolute Gasteiger partial charge is 0.417 e. The topological polar surface area (TPSA) is 92.5 Å². The Balaban J connectivity index is 1.50. The number of fused-ring (bicyclic) bond motifs is 6. The van der Waals surface area contributed by atoms with Crippen molar-refractivity contribution in [3.63, 3.8) is 0 Å². The number of hydrogen-bond donors (Lipinski definition) is 0. The molecule has 35 heavy (non-hydrogen) atoms. The molecule has 0 N–H and O–H groups in total. The maximum atomic E-state index is 13.9. The second-order valence-electron chi connectivity index (χ2n) is 11.5. The number of ether oxygens (including phenoxy) is 1. The van der Waals surface area contributed by atoms with Crippen LogP contribution in [0.2, 0.25) is 18.1 Å². The molecule has 0 aliphatic carbocycles. The smallest absolute Gasteiger partial charge is 0.241 e. The molecule has 0 spiro atoms. The molecule has 0 saturated carbocycles. The predicted molar refractivity (Wildman–Crippen MR) is 135 cm³/mol. The van der Waals surface area contributed by atoms with Crippen LogP contribution in [0.15, 0.2) is 42.6 Å². The lowest BCUT2D eigenvalue weighted by atomic mass is 9.71. The highest BCUT2D eigenvalue weighted by Crippen LogP contribution is 2.59. The minimum atomic E-state index is -1.97. The molecule has 2 saturated heterocycles. The zero-order valence-electron chi connectivity index (χ0n) is 21.1. The summed E-state index contributed by atoms with van der Waals surface area (Å²) in [6, 6.07) is 8.97. The van der Waals surface area contributed by atoms with E-state index in [9.17, 15) is 14.9 Å². The molecule has 1 aromatic carbocycles. The highest BCUT2D eigenvalue weighted by molar-refractivity contribution is 6.74. The van der Waals surface area contributed by atoms with Crippen molar-refractivity contribution < 1.29 is 18.8 Å². The number of pyridine rings is 1. The highest BCUT2D eigenvalue weighted by Gasteiger charge is 2.72. The van der Waals surface area contributed by atoms with Crippen LogP contribution in [0.4, 0.5) is 5.69 Å². The van der Waals surface area contributed by atoms with Gasteiger partial charge in [-0.05, 0) is 49.3 Å². The fourth-order valence-corrected chi connectivity index (χ4v) is 6.56. The van der Waals surface area contributed by atoms with E-state index in [2.05, 4.69) is 44.9 Å².